The lowest BCUT2D eigenvalue weighted by atomic mass is 9.90. The van der Waals surface area contributed by atoms with Crippen LogP contribution in [0.2, 0.25) is 0 Å². The van der Waals surface area contributed by atoms with Crippen LogP contribution in [0.4, 0.5) is 4.39 Å². The van der Waals surface area contributed by atoms with E-state index < -0.39 is 0 Å². The number of ether oxygens (including phenoxy) is 1. The number of hydrogen-bond donors (Lipinski definition) is 0. The first-order chi connectivity index (χ1) is 14.1. The maximum Gasteiger partial charge on any atom is 0.123 e. The lowest BCUT2D eigenvalue weighted by Crippen LogP contribution is -2.39. The highest BCUT2D eigenvalue weighted by Crippen LogP contribution is 2.34. The molecule has 3 aromatic rings. The van der Waals surface area contributed by atoms with E-state index in [-0.39, 0.29) is 11.9 Å². The molecule has 0 aliphatic carbocycles. The summed E-state index contributed by atoms with van der Waals surface area (Å²) in [6.07, 6.45) is 0. The Morgan fingerprint density at radius 3 is 2.38 bits per heavy atom. The molecule has 1 atom stereocenters. The van der Waals surface area contributed by atoms with Crippen LogP contribution in [-0.4, -0.2) is 24.7 Å². The molecular weight excluding hydrogens is 361 g/mol. The first-order valence-corrected chi connectivity index (χ1v) is 10.4. The molecule has 4 rings (SSSR count). The number of hydrogen-bond acceptors (Lipinski definition) is 2. The molecule has 0 saturated carbocycles. The molecular formula is C26H28FNO. The summed E-state index contributed by atoms with van der Waals surface area (Å²) < 4.78 is 19.2. The summed E-state index contributed by atoms with van der Waals surface area (Å²) in [6, 6.07) is 24.3. The maximum atomic E-state index is 13.4. The minimum absolute atomic E-state index is 0.137. The fourth-order valence-corrected chi connectivity index (χ4v) is 4.20. The Hall–Kier alpha value is -2.49. The summed E-state index contributed by atoms with van der Waals surface area (Å²) in [7, 11) is 0. The molecule has 1 aliphatic heterocycles. The first-order valence-electron chi connectivity index (χ1n) is 10.4. The predicted octanol–water partition coefficient (Wildman–Crippen LogP) is 6.19. The monoisotopic (exact) mass is 389 g/mol. The largest absolute Gasteiger partial charge is 0.378 e. The fraction of sp³-hybridized carbons (Fsp3) is 0.308. The predicted molar refractivity (Wildman–Crippen MR) is 116 cm³/mol. The SMILES string of the molecule is CC(C)c1ccccc1-c1ccccc1CN1CCOC[C@H]1c1ccc(F)cc1. The average Bonchev–Trinajstić information content (AvgIpc) is 2.75. The molecule has 1 aliphatic rings. The van der Waals surface area contributed by atoms with Crippen LogP contribution in [0.15, 0.2) is 72.8 Å². The third-order valence-electron chi connectivity index (χ3n) is 5.76. The van der Waals surface area contributed by atoms with Gasteiger partial charge in [-0.05, 0) is 45.9 Å². The van der Waals surface area contributed by atoms with Crippen LogP contribution < -0.4 is 0 Å². The van der Waals surface area contributed by atoms with Gasteiger partial charge in [-0.2, -0.15) is 0 Å². The van der Waals surface area contributed by atoms with E-state index in [1.807, 2.05) is 12.1 Å². The van der Waals surface area contributed by atoms with Crippen LogP contribution in [0.3, 0.4) is 0 Å². The van der Waals surface area contributed by atoms with Gasteiger partial charge in [0.05, 0.1) is 19.3 Å². The molecule has 29 heavy (non-hydrogen) atoms. The summed E-state index contributed by atoms with van der Waals surface area (Å²) in [5.41, 5.74) is 6.39. The summed E-state index contributed by atoms with van der Waals surface area (Å²) in [5.74, 6) is 0.266. The molecule has 0 unspecified atom stereocenters. The van der Waals surface area contributed by atoms with Crippen molar-refractivity contribution >= 4 is 0 Å². The van der Waals surface area contributed by atoms with E-state index in [1.165, 1.54) is 34.4 Å². The van der Waals surface area contributed by atoms with Crippen molar-refractivity contribution in [3.8, 4) is 11.1 Å². The Labute approximate surface area is 172 Å². The number of morpholine rings is 1. The number of halogens is 1. The van der Waals surface area contributed by atoms with Crippen molar-refractivity contribution in [3.05, 3.63) is 95.3 Å². The molecule has 1 heterocycles. The lowest BCUT2D eigenvalue weighted by molar-refractivity contribution is -0.0126. The standard InChI is InChI=1S/C26H28FNO/c1-19(2)23-8-5-6-10-25(23)24-9-4-3-7-21(24)17-28-15-16-29-18-26(28)20-11-13-22(27)14-12-20/h3-14,19,26H,15-18H2,1-2H3/t26-/m0/s1. The van der Waals surface area contributed by atoms with E-state index in [0.29, 0.717) is 12.5 Å². The molecule has 2 nitrogen and oxygen atoms in total. The molecule has 1 saturated heterocycles. The van der Waals surface area contributed by atoms with E-state index in [1.54, 1.807) is 0 Å². The van der Waals surface area contributed by atoms with Crippen molar-refractivity contribution in [2.75, 3.05) is 19.8 Å². The van der Waals surface area contributed by atoms with Crippen molar-refractivity contribution in [3.63, 3.8) is 0 Å². The molecule has 0 N–H and O–H groups in total. The minimum atomic E-state index is -0.201. The number of nitrogens with zero attached hydrogens (tertiary/aromatic N) is 1. The zero-order valence-corrected chi connectivity index (χ0v) is 17.1. The van der Waals surface area contributed by atoms with Crippen molar-refractivity contribution in [1.29, 1.82) is 0 Å². The second-order valence-corrected chi connectivity index (χ2v) is 8.01. The summed E-state index contributed by atoms with van der Waals surface area (Å²) in [4.78, 5) is 2.45. The van der Waals surface area contributed by atoms with Gasteiger partial charge in [-0.15, -0.1) is 0 Å². The molecule has 0 amide bonds. The Morgan fingerprint density at radius 2 is 1.62 bits per heavy atom. The second-order valence-electron chi connectivity index (χ2n) is 8.01. The van der Waals surface area contributed by atoms with E-state index in [9.17, 15) is 4.39 Å². The van der Waals surface area contributed by atoms with Crippen LogP contribution in [-0.2, 0) is 11.3 Å². The highest BCUT2D eigenvalue weighted by atomic mass is 19.1. The fourth-order valence-electron chi connectivity index (χ4n) is 4.20. The van der Waals surface area contributed by atoms with Crippen molar-refractivity contribution in [2.24, 2.45) is 0 Å². The molecule has 3 heteroatoms. The van der Waals surface area contributed by atoms with E-state index in [2.05, 4.69) is 67.3 Å². The first kappa shape index (κ1) is 19.8. The topological polar surface area (TPSA) is 12.5 Å². The van der Waals surface area contributed by atoms with Gasteiger partial charge in [0.2, 0.25) is 0 Å². The Kier molecular flexibility index (Phi) is 6.08. The Balaban J connectivity index is 1.67. The van der Waals surface area contributed by atoms with Gasteiger partial charge in [0, 0.05) is 13.1 Å². The quantitative estimate of drug-likeness (QED) is 0.516. The third kappa shape index (κ3) is 4.42. The average molecular weight is 390 g/mol. The molecule has 0 bridgehead atoms. The summed E-state index contributed by atoms with van der Waals surface area (Å²) >= 11 is 0. The van der Waals surface area contributed by atoms with E-state index >= 15 is 0 Å². The molecule has 0 radical (unpaired) electrons. The Bertz CT molecular complexity index is 951. The minimum Gasteiger partial charge on any atom is -0.378 e. The van der Waals surface area contributed by atoms with Gasteiger partial charge in [0.1, 0.15) is 5.82 Å². The maximum absolute atomic E-state index is 13.4. The second kappa shape index (κ2) is 8.89. The highest BCUT2D eigenvalue weighted by molar-refractivity contribution is 5.71. The van der Waals surface area contributed by atoms with Gasteiger partial charge < -0.3 is 4.74 Å². The normalized spacial score (nSPS) is 17.6. The zero-order chi connectivity index (χ0) is 20.2. The van der Waals surface area contributed by atoms with Gasteiger partial charge in [0.25, 0.3) is 0 Å². The van der Waals surface area contributed by atoms with Gasteiger partial charge >= 0.3 is 0 Å². The zero-order valence-electron chi connectivity index (χ0n) is 17.1. The van der Waals surface area contributed by atoms with Gasteiger partial charge in [-0.1, -0.05) is 74.5 Å². The van der Waals surface area contributed by atoms with Crippen molar-refractivity contribution in [1.82, 2.24) is 4.90 Å². The Morgan fingerprint density at radius 1 is 0.931 bits per heavy atom. The summed E-state index contributed by atoms with van der Waals surface area (Å²) in [6.45, 7) is 7.55. The summed E-state index contributed by atoms with van der Waals surface area (Å²) in [5, 5.41) is 0. The molecule has 0 aromatic heterocycles. The van der Waals surface area contributed by atoms with Crippen molar-refractivity contribution in [2.45, 2.75) is 32.4 Å². The van der Waals surface area contributed by atoms with Crippen LogP contribution in [0.1, 0.15) is 42.5 Å². The van der Waals surface area contributed by atoms with Crippen LogP contribution >= 0.6 is 0 Å². The number of rotatable bonds is 5. The molecule has 150 valence electrons. The van der Waals surface area contributed by atoms with Gasteiger partial charge in [-0.3, -0.25) is 4.90 Å². The van der Waals surface area contributed by atoms with E-state index in [0.717, 1.165) is 25.3 Å². The van der Waals surface area contributed by atoms with Gasteiger partial charge in [-0.25, -0.2) is 4.39 Å². The van der Waals surface area contributed by atoms with Crippen LogP contribution in [0.5, 0.6) is 0 Å². The van der Waals surface area contributed by atoms with Crippen LogP contribution in [0, 0.1) is 5.82 Å². The smallest absolute Gasteiger partial charge is 0.123 e. The lowest BCUT2D eigenvalue weighted by Gasteiger charge is -2.36. The highest BCUT2D eigenvalue weighted by Gasteiger charge is 2.25. The van der Waals surface area contributed by atoms with E-state index in [4.69, 9.17) is 4.74 Å². The third-order valence-corrected chi connectivity index (χ3v) is 5.76. The van der Waals surface area contributed by atoms with Crippen molar-refractivity contribution < 1.29 is 9.13 Å². The molecule has 3 aromatic carbocycles. The molecule has 0 spiro atoms. The molecule has 1 fully saturated rings. The number of benzene rings is 3. The van der Waals surface area contributed by atoms with Crippen LogP contribution in [0.25, 0.3) is 11.1 Å². The van der Waals surface area contributed by atoms with Gasteiger partial charge in [0.15, 0.2) is 0 Å².